The topological polar surface area (TPSA) is 51.8 Å². The van der Waals surface area contributed by atoms with Crippen molar-refractivity contribution >= 4 is 22.4 Å². The first kappa shape index (κ1) is 11.3. The number of benzene rings is 1. The van der Waals surface area contributed by atoms with Gasteiger partial charge in [-0.2, -0.15) is 0 Å². The number of nitrogens with two attached hydrogens (primary N) is 1. The van der Waals surface area contributed by atoms with Crippen molar-refractivity contribution < 1.29 is 0 Å². The summed E-state index contributed by atoms with van der Waals surface area (Å²) >= 11 is 1.72. The van der Waals surface area contributed by atoms with Crippen molar-refractivity contribution in [1.82, 2.24) is 9.97 Å². The van der Waals surface area contributed by atoms with E-state index in [1.165, 1.54) is 4.88 Å². The number of para-hydroxylation sites is 2. The molecule has 1 aromatic carbocycles. The van der Waals surface area contributed by atoms with Crippen LogP contribution in [-0.2, 0) is 6.42 Å². The number of fused-ring (bicyclic) bond motifs is 1. The summed E-state index contributed by atoms with van der Waals surface area (Å²) in [4.78, 5) is 10.2. The summed E-state index contributed by atoms with van der Waals surface area (Å²) in [5, 5.41) is 2.06. The summed E-state index contributed by atoms with van der Waals surface area (Å²) in [6.07, 6.45) is 2.59. The molecule has 0 amide bonds. The molecule has 2 heterocycles. The van der Waals surface area contributed by atoms with E-state index in [-0.39, 0.29) is 6.04 Å². The van der Waals surface area contributed by atoms with Gasteiger partial charge in [0, 0.05) is 11.3 Å². The van der Waals surface area contributed by atoms with Crippen molar-refractivity contribution in [3.8, 4) is 0 Å². The molecule has 0 spiro atoms. The van der Waals surface area contributed by atoms with E-state index in [4.69, 9.17) is 5.73 Å². The van der Waals surface area contributed by atoms with Crippen LogP contribution in [0.4, 0.5) is 0 Å². The summed E-state index contributed by atoms with van der Waals surface area (Å²) < 4.78 is 0. The summed E-state index contributed by atoms with van der Waals surface area (Å²) in [6.45, 7) is 0. The maximum absolute atomic E-state index is 6.18. The largest absolute Gasteiger partial charge is 0.322 e. The molecular formula is C14H13N3S. The Bertz CT molecular complexity index is 649. The lowest BCUT2D eigenvalue weighted by Crippen LogP contribution is -2.14. The van der Waals surface area contributed by atoms with Gasteiger partial charge in [0.25, 0.3) is 0 Å². The van der Waals surface area contributed by atoms with Gasteiger partial charge in [-0.15, -0.1) is 11.3 Å². The van der Waals surface area contributed by atoms with Crippen LogP contribution in [-0.4, -0.2) is 9.97 Å². The summed E-state index contributed by atoms with van der Waals surface area (Å²) in [5.74, 6) is 0. The first-order valence-corrected chi connectivity index (χ1v) is 6.70. The summed E-state index contributed by atoms with van der Waals surface area (Å²) in [7, 11) is 0. The van der Waals surface area contributed by atoms with Crippen molar-refractivity contribution in [2.75, 3.05) is 0 Å². The average Bonchev–Trinajstić information content (AvgIpc) is 2.91. The van der Waals surface area contributed by atoms with Crippen molar-refractivity contribution in [2.45, 2.75) is 12.5 Å². The highest BCUT2D eigenvalue weighted by Crippen LogP contribution is 2.19. The quantitative estimate of drug-likeness (QED) is 0.783. The van der Waals surface area contributed by atoms with Crippen molar-refractivity contribution in [3.05, 3.63) is 58.5 Å². The fourth-order valence-corrected chi connectivity index (χ4v) is 2.67. The third kappa shape index (κ3) is 2.25. The fraction of sp³-hybridized carbons (Fsp3) is 0.143. The van der Waals surface area contributed by atoms with E-state index < -0.39 is 0 Å². The molecule has 0 saturated carbocycles. The van der Waals surface area contributed by atoms with Gasteiger partial charge in [0.15, 0.2) is 0 Å². The minimum absolute atomic E-state index is 0.0965. The Hall–Kier alpha value is -1.78. The molecule has 4 heteroatoms. The molecule has 3 rings (SSSR count). The standard InChI is InChI=1S/C14H13N3S/c15-11(8-10-4-3-7-18-10)14-9-16-12-5-1-2-6-13(12)17-14/h1-7,9,11H,8,15H2. The van der Waals surface area contributed by atoms with Gasteiger partial charge < -0.3 is 5.73 Å². The molecule has 0 aliphatic rings. The van der Waals surface area contributed by atoms with Gasteiger partial charge in [-0.05, 0) is 23.6 Å². The smallest absolute Gasteiger partial charge is 0.0890 e. The van der Waals surface area contributed by atoms with Crippen molar-refractivity contribution in [2.24, 2.45) is 5.73 Å². The zero-order chi connectivity index (χ0) is 12.4. The lowest BCUT2D eigenvalue weighted by Gasteiger charge is -2.10. The highest BCUT2D eigenvalue weighted by atomic mass is 32.1. The normalized spacial score (nSPS) is 12.7. The van der Waals surface area contributed by atoms with E-state index in [0.29, 0.717) is 0 Å². The lowest BCUT2D eigenvalue weighted by molar-refractivity contribution is 0.703. The third-order valence-electron chi connectivity index (χ3n) is 2.85. The van der Waals surface area contributed by atoms with Gasteiger partial charge >= 0.3 is 0 Å². The molecular weight excluding hydrogens is 242 g/mol. The monoisotopic (exact) mass is 255 g/mol. The molecule has 1 unspecified atom stereocenters. The Labute approximate surface area is 109 Å². The molecule has 3 aromatic rings. The predicted octanol–water partition coefficient (Wildman–Crippen LogP) is 2.93. The molecule has 0 fully saturated rings. The van der Waals surface area contributed by atoms with E-state index >= 15 is 0 Å². The molecule has 18 heavy (non-hydrogen) atoms. The van der Waals surface area contributed by atoms with Crippen LogP contribution in [0.2, 0.25) is 0 Å². The molecule has 2 aromatic heterocycles. The van der Waals surface area contributed by atoms with E-state index in [9.17, 15) is 0 Å². The van der Waals surface area contributed by atoms with Crippen LogP contribution >= 0.6 is 11.3 Å². The molecule has 0 bridgehead atoms. The highest BCUT2D eigenvalue weighted by molar-refractivity contribution is 7.09. The SMILES string of the molecule is NC(Cc1cccs1)c1cnc2ccccc2n1. The summed E-state index contributed by atoms with van der Waals surface area (Å²) in [6, 6.07) is 11.9. The van der Waals surface area contributed by atoms with E-state index in [1.807, 2.05) is 30.3 Å². The maximum atomic E-state index is 6.18. The minimum atomic E-state index is -0.0965. The van der Waals surface area contributed by atoms with Crippen LogP contribution in [0.3, 0.4) is 0 Å². The van der Waals surface area contributed by atoms with Crippen LogP contribution in [0, 0.1) is 0 Å². The first-order chi connectivity index (χ1) is 8.83. The Balaban J connectivity index is 1.89. The molecule has 2 N–H and O–H groups in total. The minimum Gasteiger partial charge on any atom is -0.322 e. The predicted molar refractivity (Wildman–Crippen MR) is 74.5 cm³/mol. The average molecular weight is 255 g/mol. The molecule has 1 atom stereocenters. The Morgan fingerprint density at radius 2 is 1.94 bits per heavy atom. The molecule has 0 radical (unpaired) electrons. The van der Waals surface area contributed by atoms with Crippen LogP contribution in [0.15, 0.2) is 48.0 Å². The van der Waals surface area contributed by atoms with Gasteiger partial charge in [0.05, 0.1) is 29.0 Å². The second-order valence-electron chi connectivity index (χ2n) is 4.17. The van der Waals surface area contributed by atoms with Crippen LogP contribution < -0.4 is 5.73 Å². The molecule has 3 nitrogen and oxygen atoms in total. The van der Waals surface area contributed by atoms with Crippen LogP contribution in [0.25, 0.3) is 11.0 Å². The van der Waals surface area contributed by atoms with E-state index in [1.54, 1.807) is 17.5 Å². The second-order valence-corrected chi connectivity index (χ2v) is 5.21. The third-order valence-corrected chi connectivity index (χ3v) is 3.75. The number of hydrogen-bond donors (Lipinski definition) is 1. The molecule has 0 aliphatic heterocycles. The molecule has 0 aliphatic carbocycles. The van der Waals surface area contributed by atoms with Crippen molar-refractivity contribution in [1.29, 1.82) is 0 Å². The van der Waals surface area contributed by atoms with Crippen molar-refractivity contribution in [3.63, 3.8) is 0 Å². The number of aromatic nitrogens is 2. The Kier molecular flexibility index (Phi) is 3.04. The zero-order valence-electron chi connectivity index (χ0n) is 9.78. The zero-order valence-corrected chi connectivity index (χ0v) is 10.6. The summed E-state index contributed by atoms with van der Waals surface area (Å²) in [5.41, 5.74) is 8.84. The fourth-order valence-electron chi connectivity index (χ4n) is 1.90. The number of rotatable bonds is 3. The highest BCUT2D eigenvalue weighted by Gasteiger charge is 2.10. The molecule has 90 valence electrons. The van der Waals surface area contributed by atoms with E-state index in [0.717, 1.165) is 23.1 Å². The number of thiophene rings is 1. The molecule has 0 saturated heterocycles. The van der Waals surface area contributed by atoms with Crippen LogP contribution in [0.1, 0.15) is 16.6 Å². The van der Waals surface area contributed by atoms with Gasteiger partial charge in [-0.1, -0.05) is 18.2 Å². The van der Waals surface area contributed by atoms with Gasteiger partial charge in [-0.3, -0.25) is 4.98 Å². The van der Waals surface area contributed by atoms with E-state index in [2.05, 4.69) is 21.4 Å². The number of hydrogen-bond acceptors (Lipinski definition) is 4. The van der Waals surface area contributed by atoms with Crippen LogP contribution in [0.5, 0.6) is 0 Å². The lowest BCUT2D eigenvalue weighted by atomic mass is 10.1. The van der Waals surface area contributed by atoms with Gasteiger partial charge in [0.1, 0.15) is 0 Å². The number of nitrogens with zero attached hydrogens (tertiary/aromatic N) is 2. The Morgan fingerprint density at radius 1 is 1.11 bits per heavy atom. The first-order valence-electron chi connectivity index (χ1n) is 5.82. The Morgan fingerprint density at radius 3 is 2.72 bits per heavy atom. The van der Waals surface area contributed by atoms with Gasteiger partial charge in [0.2, 0.25) is 0 Å². The second kappa shape index (κ2) is 4.84. The van der Waals surface area contributed by atoms with Gasteiger partial charge in [-0.25, -0.2) is 4.98 Å². The maximum Gasteiger partial charge on any atom is 0.0890 e.